The van der Waals surface area contributed by atoms with E-state index in [1.807, 2.05) is 24.3 Å². The molecule has 1 saturated heterocycles. The molecule has 1 atom stereocenters. The molecule has 1 heterocycles. The van der Waals surface area contributed by atoms with Crippen molar-refractivity contribution in [2.24, 2.45) is 5.92 Å². The Hall–Kier alpha value is -1.06. The van der Waals surface area contributed by atoms with Crippen molar-refractivity contribution in [3.05, 3.63) is 34.9 Å². The average Bonchev–Trinajstić information content (AvgIpc) is 2.28. The van der Waals surface area contributed by atoms with Gasteiger partial charge in [-0.2, -0.15) is 0 Å². The van der Waals surface area contributed by atoms with E-state index in [1.54, 1.807) is 0 Å². The van der Waals surface area contributed by atoms with Gasteiger partial charge in [-0.25, -0.2) is 0 Å². The average molecular weight is 267 g/mol. The van der Waals surface area contributed by atoms with E-state index in [0.717, 1.165) is 31.0 Å². The summed E-state index contributed by atoms with van der Waals surface area (Å²) in [5.41, 5.74) is 1.21. The molecule has 0 saturated carbocycles. The molecule has 3 nitrogen and oxygen atoms in total. The Labute approximate surface area is 113 Å². The lowest BCUT2D eigenvalue weighted by Gasteiger charge is -2.28. The summed E-state index contributed by atoms with van der Waals surface area (Å²) in [5, 5.41) is 6.98. The number of hydrogen-bond donors (Lipinski definition) is 2. The number of nitrogens with one attached hydrogen (secondary N) is 2. The van der Waals surface area contributed by atoms with Crippen molar-refractivity contribution in [2.45, 2.75) is 25.8 Å². The highest BCUT2D eigenvalue weighted by molar-refractivity contribution is 6.30. The van der Waals surface area contributed by atoms with Gasteiger partial charge in [-0.1, -0.05) is 30.7 Å². The van der Waals surface area contributed by atoms with Crippen LogP contribution in [0.1, 0.15) is 18.9 Å². The topological polar surface area (TPSA) is 41.1 Å². The first-order chi connectivity index (χ1) is 8.69. The van der Waals surface area contributed by atoms with Crippen LogP contribution in [0.3, 0.4) is 0 Å². The van der Waals surface area contributed by atoms with Crippen LogP contribution in [0.25, 0.3) is 0 Å². The fourth-order valence-corrected chi connectivity index (χ4v) is 2.12. The van der Waals surface area contributed by atoms with Gasteiger partial charge in [0.1, 0.15) is 0 Å². The van der Waals surface area contributed by atoms with Crippen molar-refractivity contribution in [1.29, 1.82) is 0 Å². The zero-order valence-corrected chi connectivity index (χ0v) is 11.3. The number of carbonyl (C=O) groups is 1. The molecular weight excluding hydrogens is 248 g/mol. The molecule has 1 aromatic carbocycles. The van der Waals surface area contributed by atoms with Gasteiger partial charge in [0.2, 0.25) is 5.91 Å². The summed E-state index contributed by atoms with van der Waals surface area (Å²) in [7, 11) is 0. The first-order valence-corrected chi connectivity index (χ1v) is 6.82. The Morgan fingerprint density at radius 3 is 2.61 bits per heavy atom. The lowest BCUT2D eigenvalue weighted by atomic mass is 9.99. The molecule has 1 amide bonds. The molecule has 2 rings (SSSR count). The fourth-order valence-electron chi connectivity index (χ4n) is 2.00. The minimum Gasteiger partial charge on any atom is -0.353 e. The summed E-state index contributed by atoms with van der Waals surface area (Å²) in [6.45, 7) is 3.71. The fraction of sp³-hybridized carbons (Fsp3) is 0.500. The van der Waals surface area contributed by atoms with Crippen molar-refractivity contribution < 1.29 is 4.79 Å². The van der Waals surface area contributed by atoms with Crippen LogP contribution in [-0.2, 0) is 11.2 Å². The smallest absolute Gasteiger partial charge is 0.225 e. The van der Waals surface area contributed by atoms with Gasteiger partial charge in [-0.05, 0) is 30.5 Å². The van der Waals surface area contributed by atoms with E-state index >= 15 is 0 Å². The summed E-state index contributed by atoms with van der Waals surface area (Å²) < 4.78 is 0. The molecule has 98 valence electrons. The van der Waals surface area contributed by atoms with Gasteiger partial charge in [-0.3, -0.25) is 4.79 Å². The minimum absolute atomic E-state index is 0.157. The maximum atomic E-state index is 11.9. The van der Waals surface area contributed by atoms with E-state index in [2.05, 4.69) is 17.6 Å². The Balaban J connectivity index is 1.88. The molecule has 1 aromatic rings. The third kappa shape index (κ3) is 3.47. The minimum atomic E-state index is 0.157. The van der Waals surface area contributed by atoms with E-state index in [9.17, 15) is 4.79 Å². The number of hydrogen-bond acceptors (Lipinski definition) is 2. The van der Waals surface area contributed by atoms with Gasteiger partial charge in [0, 0.05) is 24.2 Å². The van der Waals surface area contributed by atoms with Crippen LogP contribution in [0.4, 0.5) is 0 Å². The Bertz CT molecular complexity index is 401. The number of benzene rings is 1. The predicted octanol–water partition coefficient (Wildman–Crippen LogP) is 2.00. The number of amides is 1. The molecular formula is C14H19ClN2O. The second-order valence-corrected chi connectivity index (χ2v) is 5.24. The molecule has 1 aliphatic heterocycles. The monoisotopic (exact) mass is 266 g/mol. The standard InChI is InChI=1S/C14H19ClN2O/c1-2-13(17-14(18)11-8-16-9-11)7-10-3-5-12(15)6-4-10/h3-6,11,13,16H,2,7-9H2,1H3,(H,17,18). The van der Waals surface area contributed by atoms with E-state index in [1.165, 1.54) is 5.56 Å². The van der Waals surface area contributed by atoms with Gasteiger partial charge in [0.15, 0.2) is 0 Å². The molecule has 1 fully saturated rings. The zero-order valence-electron chi connectivity index (χ0n) is 10.6. The number of halogens is 1. The van der Waals surface area contributed by atoms with Crippen molar-refractivity contribution in [1.82, 2.24) is 10.6 Å². The van der Waals surface area contributed by atoms with Crippen LogP contribution in [0, 0.1) is 5.92 Å². The molecule has 1 unspecified atom stereocenters. The van der Waals surface area contributed by atoms with Crippen molar-refractivity contribution in [2.75, 3.05) is 13.1 Å². The van der Waals surface area contributed by atoms with E-state index in [4.69, 9.17) is 11.6 Å². The van der Waals surface area contributed by atoms with Crippen LogP contribution < -0.4 is 10.6 Å². The molecule has 1 aliphatic rings. The van der Waals surface area contributed by atoms with Gasteiger partial charge < -0.3 is 10.6 Å². The second-order valence-electron chi connectivity index (χ2n) is 4.80. The summed E-state index contributed by atoms with van der Waals surface area (Å²) in [6.07, 6.45) is 1.80. The van der Waals surface area contributed by atoms with E-state index in [-0.39, 0.29) is 17.9 Å². The normalized spacial score (nSPS) is 17.0. The third-order valence-electron chi connectivity index (χ3n) is 3.39. The summed E-state index contributed by atoms with van der Waals surface area (Å²) >= 11 is 5.86. The maximum Gasteiger partial charge on any atom is 0.225 e. The Morgan fingerprint density at radius 2 is 2.11 bits per heavy atom. The summed E-state index contributed by atoms with van der Waals surface area (Å²) in [6, 6.07) is 8.02. The Morgan fingerprint density at radius 1 is 1.44 bits per heavy atom. The van der Waals surface area contributed by atoms with Crippen LogP contribution in [0.2, 0.25) is 5.02 Å². The quantitative estimate of drug-likeness (QED) is 0.856. The van der Waals surface area contributed by atoms with Gasteiger partial charge in [0.25, 0.3) is 0 Å². The highest BCUT2D eigenvalue weighted by Crippen LogP contribution is 2.12. The molecule has 2 N–H and O–H groups in total. The SMILES string of the molecule is CCC(Cc1ccc(Cl)cc1)NC(=O)C1CNC1. The highest BCUT2D eigenvalue weighted by Gasteiger charge is 2.26. The Kier molecular flexibility index (Phi) is 4.61. The van der Waals surface area contributed by atoms with Crippen molar-refractivity contribution in [3.8, 4) is 0 Å². The third-order valence-corrected chi connectivity index (χ3v) is 3.64. The molecule has 4 heteroatoms. The molecule has 0 spiro atoms. The van der Waals surface area contributed by atoms with Gasteiger partial charge in [0.05, 0.1) is 5.92 Å². The lowest BCUT2D eigenvalue weighted by molar-refractivity contribution is -0.127. The van der Waals surface area contributed by atoms with Gasteiger partial charge in [-0.15, -0.1) is 0 Å². The number of carbonyl (C=O) groups excluding carboxylic acids is 1. The summed E-state index contributed by atoms with van der Waals surface area (Å²) in [5.74, 6) is 0.332. The lowest BCUT2D eigenvalue weighted by Crippen LogP contribution is -2.53. The molecule has 0 aromatic heterocycles. The van der Waals surface area contributed by atoms with Crippen LogP contribution in [0.5, 0.6) is 0 Å². The molecule has 18 heavy (non-hydrogen) atoms. The molecule has 0 aliphatic carbocycles. The maximum absolute atomic E-state index is 11.9. The first kappa shape index (κ1) is 13.4. The first-order valence-electron chi connectivity index (χ1n) is 6.44. The van der Waals surface area contributed by atoms with Crippen molar-refractivity contribution >= 4 is 17.5 Å². The van der Waals surface area contributed by atoms with E-state index < -0.39 is 0 Å². The van der Waals surface area contributed by atoms with Crippen molar-refractivity contribution in [3.63, 3.8) is 0 Å². The molecule has 0 radical (unpaired) electrons. The second kappa shape index (κ2) is 6.21. The van der Waals surface area contributed by atoms with Crippen LogP contribution >= 0.6 is 11.6 Å². The van der Waals surface area contributed by atoms with Crippen LogP contribution in [-0.4, -0.2) is 25.0 Å². The highest BCUT2D eigenvalue weighted by atomic mass is 35.5. The predicted molar refractivity (Wildman–Crippen MR) is 73.7 cm³/mol. The number of rotatable bonds is 5. The summed E-state index contributed by atoms with van der Waals surface area (Å²) in [4.78, 5) is 11.9. The van der Waals surface area contributed by atoms with E-state index in [0.29, 0.717) is 0 Å². The molecule has 0 bridgehead atoms. The van der Waals surface area contributed by atoms with Gasteiger partial charge >= 0.3 is 0 Å². The van der Waals surface area contributed by atoms with Crippen LogP contribution in [0.15, 0.2) is 24.3 Å². The zero-order chi connectivity index (χ0) is 13.0. The largest absolute Gasteiger partial charge is 0.353 e.